The number of hydrogen-bond donors (Lipinski definition) is 3. The van der Waals surface area contributed by atoms with Crippen LogP contribution in [0.1, 0.15) is 92.4 Å². The molecule has 3 N–H and O–H groups in total. The molecular weight excluding hydrogens is 438 g/mol. The first kappa shape index (κ1) is 25.3. The van der Waals surface area contributed by atoms with E-state index in [1.54, 1.807) is 0 Å². The minimum atomic E-state index is -0.449. The molecule has 0 aromatic heterocycles. The van der Waals surface area contributed by atoms with Crippen LogP contribution < -0.4 is 10.6 Å². The van der Waals surface area contributed by atoms with Gasteiger partial charge in [-0.05, 0) is 105 Å². The van der Waals surface area contributed by atoms with E-state index in [-0.39, 0.29) is 28.4 Å². The normalized spacial score (nSPS) is 44.6. The molecule has 0 bridgehead atoms. The number of oxime groups is 1. The van der Waals surface area contributed by atoms with Crippen molar-refractivity contribution in [1.82, 2.24) is 10.6 Å². The maximum atomic E-state index is 12.4. The Balaban J connectivity index is 1.22. The number of hydrogen-bond acceptors (Lipinski definition) is 5. The van der Waals surface area contributed by atoms with E-state index in [2.05, 4.69) is 56.5 Å². The molecule has 196 valence electrons. The molecule has 4 fully saturated rings. The lowest BCUT2D eigenvalue weighted by atomic mass is 9.47. The minimum absolute atomic E-state index is 0.146. The number of fused-ring (bicyclic) bond motifs is 5. The first-order chi connectivity index (χ1) is 16.5. The third-order valence-electron chi connectivity index (χ3n) is 11.4. The number of carbonyl (C=O) groups excluding carboxylic acids is 1. The van der Waals surface area contributed by atoms with Gasteiger partial charge in [-0.15, -0.1) is 0 Å². The molecule has 4 aliphatic carbocycles. The Morgan fingerprint density at radius 1 is 1.14 bits per heavy atom. The maximum absolute atomic E-state index is 12.4. The van der Waals surface area contributed by atoms with E-state index in [1.807, 2.05) is 0 Å². The number of rotatable bonds is 4. The smallest absolute Gasteiger partial charge is 0.393 e. The lowest BCUT2D eigenvalue weighted by molar-refractivity contribution is -0.0425. The molecule has 6 heteroatoms. The Bertz CT molecular complexity index is 898. The van der Waals surface area contributed by atoms with Crippen LogP contribution in [0.2, 0.25) is 0 Å². The first-order valence-electron chi connectivity index (χ1n) is 14.1. The Labute approximate surface area is 211 Å². The van der Waals surface area contributed by atoms with Crippen molar-refractivity contribution in [2.75, 3.05) is 13.1 Å². The zero-order valence-electron chi connectivity index (χ0n) is 22.5. The molecule has 35 heavy (non-hydrogen) atoms. The van der Waals surface area contributed by atoms with Crippen LogP contribution >= 0.6 is 0 Å². The van der Waals surface area contributed by atoms with Gasteiger partial charge in [0.25, 0.3) is 0 Å². The van der Waals surface area contributed by atoms with E-state index in [0.717, 1.165) is 62.6 Å². The Morgan fingerprint density at radius 2 is 1.94 bits per heavy atom. The monoisotopic (exact) mass is 485 g/mol. The molecule has 8 atom stereocenters. The molecule has 1 unspecified atom stereocenters. The highest BCUT2D eigenvalue weighted by Crippen LogP contribution is 2.66. The molecular formula is C29H47N3O3. The van der Waals surface area contributed by atoms with Crippen LogP contribution in [-0.4, -0.2) is 42.1 Å². The van der Waals surface area contributed by atoms with Crippen molar-refractivity contribution in [2.24, 2.45) is 45.1 Å². The zero-order chi connectivity index (χ0) is 25.0. The van der Waals surface area contributed by atoms with Gasteiger partial charge in [-0.25, -0.2) is 4.79 Å². The van der Waals surface area contributed by atoms with Crippen molar-refractivity contribution < 1.29 is 14.7 Å². The summed E-state index contributed by atoms with van der Waals surface area (Å²) < 4.78 is 0. The van der Waals surface area contributed by atoms with Crippen molar-refractivity contribution in [2.45, 2.75) is 105 Å². The largest absolute Gasteiger partial charge is 0.433 e. The van der Waals surface area contributed by atoms with Crippen molar-refractivity contribution in [1.29, 1.82) is 0 Å². The van der Waals surface area contributed by atoms with Gasteiger partial charge < -0.3 is 15.7 Å². The van der Waals surface area contributed by atoms with E-state index in [9.17, 15) is 9.90 Å². The summed E-state index contributed by atoms with van der Waals surface area (Å²) >= 11 is 0. The standard InChI is InChI=1S/C29H47N3O3/c1-18(32-35-26(34)31-17-25-27(2,3)14-15-30-25)22-8-9-23-21-7-6-19-16-20(33)10-12-28(19,4)24(21)11-13-29(22,23)5/h6,20-25,30,33H,7-17H2,1-5H3,(H,31,34)/b32-18+/t20-,21-,22+,23-,24-,25?,28-,29+/m0/s1. The Morgan fingerprint density at radius 3 is 2.69 bits per heavy atom. The van der Waals surface area contributed by atoms with Crippen LogP contribution in [0.15, 0.2) is 16.8 Å². The average molecular weight is 486 g/mol. The van der Waals surface area contributed by atoms with Crippen molar-refractivity contribution in [3.05, 3.63) is 11.6 Å². The fourth-order valence-corrected chi connectivity index (χ4v) is 9.09. The fourth-order valence-electron chi connectivity index (χ4n) is 9.09. The summed E-state index contributed by atoms with van der Waals surface area (Å²) in [5, 5.41) is 21.0. The average Bonchev–Trinajstić information content (AvgIpc) is 3.34. The molecule has 6 nitrogen and oxygen atoms in total. The van der Waals surface area contributed by atoms with Crippen molar-refractivity contribution >= 4 is 11.8 Å². The summed E-state index contributed by atoms with van der Waals surface area (Å²) in [5.41, 5.74) is 3.19. The molecule has 1 amide bonds. The van der Waals surface area contributed by atoms with E-state index in [4.69, 9.17) is 4.84 Å². The van der Waals surface area contributed by atoms with E-state index in [1.165, 1.54) is 24.8 Å². The van der Waals surface area contributed by atoms with Gasteiger partial charge in [-0.2, -0.15) is 0 Å². The summed E-state index contributed by atoms with van der Waals surface area (Å²) in [5.74, 6) is 2.53. The topological polar surface area (TPSA) is 83.0 Å². The number of allylic oxidation sites excluding steroid dienone is 1. The third kappa shape index (κ3) is 4.37. The van der Waals surface area contributed by atoms with Crippen molar-refractivity contribution in [3.8, 4) is 0 Å². The molecule has 0 radical (unpaired) electrons. The molecule has 1 heterocycles. The second-order valence-electron chi connectivity index (χ2n) is 13.6. The number of aliphatic hydroxyl groups is 1. The second-order valence-corrected chi connectivity index (χ2v) is 13.6. The summed E-state index contributed by atoms with van der Waals surface area (Å²) in [6.45, 7) is 13.1. The van der Waals surface area contributed by atoms with Gasteiger partial charge >= 0.3 is 6.09 Å². The molecule has 1 saturated heterocycles. The first-order valence-corrected chi connectivity index (χ1v) is 14.1. The molecule has 0 aromatic carbocycles. The molecule has 1 aliphatic heterocycles. The van der Waals surface area contributed by atoms with Gasteiger partial charge in [0.1, 0.15) is 0 Å². The quantitative estimate of drug-likeness (QED) is 0.215. The number of amides is 1. The van der Waals surface area contributed by atoms with Gasteiger partial charge in [0.05, 0.1) is 11.8 Å². The highest BCUT2D eigenvalue weighted by molar-refractivity contribution is 5.85. The highest BCUT2D eigenvalue weighted by Gasteiger charge is 2.59. The lowest BCUT2D eigenvalue weighted by Crippen LogP contribution is -2.50. The van der Waals surface area contributed by atoms with Gasteiger partial charge in [-0.3, -0.25) is 4.84 Å². The molecule has 5 aliphatic rings. The van der Waals surface area contributed by atoms with Gasteiger partial charge in [0, 0.05) is 18.5 Å². The van der Waals surface area contributed by atoms with Crippen LogP contribution in [0, 0.1) is 39.9 Å². The second kappa shape index (κ2) is 9.16. The fraction of sp³-hybridized carbons (Fsp3) is 0.862. The summed E-state index contributed by atoms with van der Waals surface area (Å²) in [7, 11) is 0. The SMILES string of the molecule is C/C(=N\OC(=O)NCC1NCCC1(C)C)[C@H]1CC[C@H]2[C@@H]3CC=C4C[C@@H](O)CC[C@]4(C)[C@H]3CC[C@]12C. The van der Waals surface area contributed by atoms with Crippen LogP contribution in [0.4, 0.5) is 4.79 Å². The van der Waals surface area contributed by atoms with E-state index < -0.39 is 6.09 Å². The number of aliphatic hydroxyl groups excluding tert-OH is 1. The van der Waals surface area contributed by atoms with Crippen LogP contribution in [0.3, 0.4) is 0 Å². The lowest BCUT2D eigenvalue weighted by Gasteiger charge is -2.58. The maximum Gasteiger partial charge on any atom is 0.433 e. The molecule has 0 spiro atoms. The summed E-state index contributed by atoms with van der Waals surface area (Å²) in [6.07, 6.45) is 12.0. The predicted octanol–water partition coefficient (Wildman–Crippen LogP) is 5.42. The van der Waals surface area contributed by atoms with Gasteiger partial charge in [-0.1, -0.05) is 44.5 Å². The number of carbonyl (C=O) groups is 1. The summed E-state index contributed by atoms with van der Waals surface area (Å²) in [6, 6.07) is 0.268. The number of nitrogens with one attached hydrogen (secondary N) is 2. The molecule has 5 rings (SSSR count). The van der Waals surface area contributed by atoms with E-state index in [0.29, 0.717) is 18.4 Å². The summed E-state index contributed by atoms with van der Waals surface area (Å²) in [4.78, 5) is 17.7. The van der Waals surface area contributed by atoms with Gasteiger partial charge in [0.2, 0.25) is 0 Å². The van der Waals surface area contributed by atoms with Crippen LogP contribution in [-0.2, 0) is 4.84 Å². The molecule has 3 saturated carbocycles. The Kier molecular flexibility index (Phi) is 6.61. The predicted molar refractivity (Wildman–Crippen MR) is 139 cm³/mol. The zero-order valence-corrected chi connectivity index (χ0v) is 22.5. The van der Waals surface area contributed by atoms with Gasteiger partial charge in [0.15, 0.2) is 0 Å². The van der Waals surface area contributed by atoms with Crippen LogP contribution in [0.5, 0.6) is 0 Å². The Hall–Kier alpha value is -1.40. The van der Waals surface area contributed by atoms with Crippen molar-refractivity contribution in [3.63, 3.8) is 0 Å². The molecule has 0 aromatic rings. The van der Waals surface area contributed by atoms with E-state index >= 15 is 0 Å². The number of nitrogens with zero attached hydrogens (tertiary/aromatic N) is 1. The van der Waals surface area contributed by atoms with Crippen LogP contribution in [0.25, 0.3) is 0 Å². The minimum Gasteiger partial charge on any atom is -0.393 e. The third-order valence-corrected chi connectivity index (χ3v) is 11.4. The highest BCUT2D eigenvalue weighted by atomic mass is 16.7.